The summed E-state index contributed by atoms with van der Waals surface area (Å²) >= 11 is 0. The van der Waals surface area contributed by atoms with Gasteiger partial charge in [0.2, 0.25) is 15.9 Å². The van der Waals surface area contributed by atoms with Gasteiger partial charge in [0, 0.05) is 18.2 Å². The molecule has 0 spiro atoms. The summed E-state index contributed by atoms with van der Waals surface area (Å²) in [4.78, 5) is 12.4. The van der Waals surface area contributed by atoms with E-state index in [1.54, 1.807) is 6.92 Å². The molecule has 1 aromatic rings. The van der Waals surface area contributed by atoms with Gasteiger partial charge in [0.25, 0.3) is 0 Å². The Labute approximate surface area is 134 Å². The zero-order valence-electron chi connectivity index (χ0n) is 13.1. The molecule has 0 saturated carbocycles. The highest BCUT2D eigenvalue weighted by Crippen LogP contribution is 2.22. The van der Waals surface area contributed by atoms with Crippen LogP contribution in [0, 0.1) is 11.6 Å². The predicted molar refractivity (Wildman–Crippen MR) is 82.1 cm³/mol. The lowest BCUT2D eigenvalue weighted by atomic mass is 10.0. The molecule has 1 aliphatic rings. The molecule has 1 saturated heterocycles. The van der Waals surface area contributed by atoms with Crippen molar-refractivity contribution in [2.75, 3.05) is 12.8 Å². The van der Waals surface area contributed by atoms with Gasteiger partial charge in [0.1, 0.15) is 17.7 Å². The summed E-state index contributed by atoms with van der Waals surface area (Å²) in [6, 6.07) is 1.66. The fourth-order valence-corrected chi connectivity index (χ4v) is 3.93. The molecule has 1 heterocycles. The van der Waals surface area contributed by atoms with Gasteiger partial charge in [0.05, 0.1) is 12.3 Å². The van der Waals surface area contributed by atoms with E-state index in [1.165, 1.54) is 10.4 Å². The standard InChI is InChI=1S/C15H20F2N2O3S/c1-10(12-7-6-11(16)9-13(12)17)18-15(20)14-5-3-4-8-19(14)23(2,21)22/h6-7,9-10,14H,3-5,8H2,1-2H3,(H,18,20). The van der Waals surface area contributed by atoms with Gasteiger partial charge < -0.3 is 5.32 Å². The summed E-state index contributed by atoms with van der Waals surface area (Å²) in [5.41, 5.74) is 0.154. The molecular formula is C15H20F2N2O3S. The molecule has 1 N–H and O–H groups in total. The van der Waals surface area contributed by atoms with E-state index < -0.39 is 39.6 Å². The Morgan fingerprint density at radius 2 is 2.04 bits per heavy atom. The summed E-state index contributed by atoms with van der Waals surface area (Å²) in [5.74, 6) is -1.91. The number of sulfonamides is 1. The summed E-state index contributed by atoms with van der Waals surface area (Å²) in [6.07, 6.45) is 2.96. The molecule has 0 aliphatic carbocycles. The quantitative estimate of drug-likeness (QED) is 0.906. The molecule has 128 valence electrons. The molecule has 1 amide bonds. The van der Waals surface area contributed by atoms with Gasteiger partial charge in [-0.05, 0) is 25.8 Å². The van der Waals surface area contributed by atoms with Crippen LogP contribution in [0.5, 0.6) is 0 Å². The van der Waals surface area contributed by atoms with Crippen LogP contribution < -0.4 is 5.32 Å². The molecule has 0 aromatic heterocycles. The van der Waals surface area contributed by atoms with E-state index in [0.717, 1.165) is 24.8 Å². The van der Waals surface area contributed by atoms with E-state index >= 15 is 0 Å². The van der Waals surface area contributed by atoms with E-state index in [2.05, 4.69) is 5.32 Å². The summed E-state index contributed by atoms with van der Waals surface area (Å²) < 4.78 is 51.5. The number of amides is 1. The van der Waals surface area contributed by atoms with Crippen molar-refractivity contribution in [2.24, 2.45) is 0 Å². The number of hydrogen-bond donors (Lipinski definition) is 1. The van der Waals surface area contributed by atoms with Crippen LogP contribution in [0.1, 0.15) is 37.8 Å². The van der Waals surface area contributed by atoms with Crippen molar-refractivity contribution in [1.29, 1.82) is 0 Å². The highest BCUT2D eigenvalue weighted by molar-refractivity contribution is 7.88. The molecule has 2 rings (SSSR count). The van der Waals surface area contributed by atoms with Crippen LogP contribution in [0.3, 0.4) is 0 Å². The second-order valence-corrected chi connectivity index (χ2v) is 7.72. The molecular weight excluding hydrogens is 326 g/mol. The van der Waals surface area contributed by atoms with Crippen molar-refractivity contribution >= 4 is 15.9 Å². The van der Waals surface area contributed by atoms with Crippen LogP contribution in [0.2, 0.25) is 0 Å². The summed E-state index contributed by atoms with van der Waals surface area (Å²) in [6.45, 7) is 1.87. The fourth-order valence-electron chi connectivity index (χ4n) is 2.80. The average molecular weight is 346 g/mol. The number of carbonyl (C=O) groups excluding carboxylic acids is 1. The smallest absolute Gasteiger partial charge is 0.238 e. The monoisotopic (exact) mass is 346 g/mol. The minimum absolute atomic E-state index is 0.154. The first-order chi connectivity index (χ1) is 10.7. The zero-order valence-corrected chi connectivity index (χ0v) is 13.9. The maximum absolute atomic E-state index is 13.8. The van der Waals surface area contributed by atoms with Gasteiger partial charge in [-0.1, -0.05) is 12.5 Å². The molecule has 5 nitrogen and oxygen atoms in total. The second-order valence-electron chi connectivity index (χ2n) is 5.78. The van der Waals surface area contributed by atoms with Crippen molar-refractivity contribution in [3.05, 3.63) is 35.4 Å². The minimum atomic E-state index is -3.49. The topological polar surface area (TPSA) is 66.5 Å². The van der Waals surface area contributed by atoms with E-state index in [0.29, 0.717) is 19.4 Å². The number of carbonyl (C=O) groups is 1. The van der Waals surface area contributed by atoms with Crippen molar-refractivity contribution in [2.45, 2.75) is 38.3 Å². The number of piperidine rings is 1. The van der Waals surface area contributed by atoms with Gasteiger partial charge in [-0.15, -0.1) is 0 Å². The molecule has 2 atom stereocenters. The van der Waals surface area contributed by atoms with Gasteiger partial charge in [-0.2, -0.15) is 4.31 Å². The van der Waals surface area contributed by atoms with Crippen LogP contribution in [0.25, 0.3) is 0 Å². The number of nitrogens with one attached hydrogen (secondary N) is 1. The lowest BCUT2D eigenvalue weighted by Crippen LogP contribution is -2.51. The minimum Gasteiger partial charge on any atom is -0.348 e. The van der Waals surface area contributed by atoms with Crippen LogP contribution >= 0.6 is 0 Å². The fraction of sp³-hybridized carbons (Fsp3) is 0.533. The lowest BCUT2D eigenvalue weighted by Gasteiger charge is -2.33. The van der Waals surface area contributed by atoms with Gasteiger partial charge in [0.15, 0.2) is 0 Å². The number of halogens is 2. The second kappa shape index (κ2) is 6.92. The third-order valence-electron chi connectivity index (χ3n) is 3.97. The number of rotatable bonds is 4. The Balaban J connectivity index is 2.13. The molecule has 1 aromatic carbocycles. The van der Waals surface area contributed by atoms with Crippen molar-refractivity contribution in [1.82, 2.24) is 9.62 Å². The first kappa shape index (κ1) is 17.8. The first-order valence-electron chi connectivity index (χ1n) is 7.42. The van der Waals surface area contributed by atoms with E-state index in [9.17, 15) is 22.0 Å². The van der Waals surface area contributed by atoms with Gasteiger partial charge in [-0.25, -0.2) is 17.2 Å². The maximum Gasteiger partial charge on any atom is 0.238 e. The molecule has 1 aliphatic heterocycles. The third kappa shape index (κ3) is 4.26. The van der Waals surface area contributed by atoms with E-state index in [-0.39, 0.29) is 5.56 Å². The molecule has 23 heavy (non-hydrogen) atoms. The lowest BCUT2D eigenvalue weighted by molar-refractivity contribution is -0.126. The van der Waals surface area contributed by atoms with E-state index in [4.69, 9.17) is 0 Å². The largest absolute Gasteiger partial charge is 0.348 e. The van der Waals surface area contributed by atoms with Crippen LogP contribution in [0.4, 0.5) is 8.78 Å². The Morgan fingerprint density at radius 3 is 2.65 bits per heavy atom. The molecule has 0 radical (unpaired) electrons. The van der Waals surface area contributed by atoms with Crippen LogP contribution in [0.15, 0.2) is 18.2 Å². The van der Waals surface area contributed by atoms with Crippen LogP contribution in [-0.4, -0.2) is 37.5 Å². The molecule has 1 fully saturated rings. The Hall–Kier alpha value is -1.54. The molecule has 8 heteroatoms. The van der Waals surface area contributed by atoms with Crippen molar-refractivity contribution < 1.29 is 22.0 Å². The maximum atomic E-state index is 13.8. The SMILES string of the molecule is CC(NC(=O)C1CCCCN1S(C)(=O)=O)c1ccc(F)cc1F. The average Bonchev–Trinajstić information content (AvgIpc) is 2.46. The number of hydrogen-bond acceptors (Lipinski definition) is 3. The van der Waals surface area contributed by atoms with Crippen molar-refractivity contribution in [3.63, 3.8) is 0 Å². The predicted octanol–water partition coefficient (Wildman–Crippen LogP) is 1.96. The molecule has 0 bridgehead atoms. The highest BCUT2D eigenvalue weighted by atomic mass is 32.2. The summed E-state index contributed by atoms with van der Waals surface area (Å²) in [7, 11) is -3.49. The summed E-state index contributed by atoms with van der Waals surface area (Å²) in [5, 5.41) is 2.62. The molecule has 2 unspecified atom stereocenters. The van der Waals surface area contributed by atoms with Crippen LogP contribution in [-0.2, 0) is 14.8 Å². The first-order valence-corrected chi connectivity index (χ1v) is 9.27. The highest BCUT2D eigenvalue weighted by Gasteiger charge is 2.35. The Kier molecular flexibility index (Phi) is 5.36. The van der Waals surface area contributed by atoms with Gasteiger partial charge in [-0.3, -0.25) is 4.79 Å². The Morgan fingerprint density at radius 1 is 1.35 bits per heavy atom. The number of nitrogens with zero attached hydrogens (tertiary/aromatic N) is 1. The van der Waals surface area contributed by atoms with Crippen molar-refractivity contribution in [3.8, 4) is 0 Å². The Bertz CT molecular complexity index is 694. The van der Waals surface area contributed by atoms with E-state index in [1.807, 2.05) is 0 Å². The normalized spacial score (nSPS) is 21.0. The third-order valence-corrected chi connectivity index (χ3v) is 5.26. The van der Waals surface area contributed by atoms with Gasteiger partial charge >= 0.3 is 0 Å². The number of benzene rings is 1. The zero-order chi connectivity index (χ0) is 17.2.